The van der Waals surface area contributed by atoms with E-state index in [0.29, 0.717) is 12.5 Å². The molecule has 1 aromatic heterocycles. The van der Waals surface area contributed by atoms with E-state index in [0.717, 1.165) is 23.5 Å². The fourth-order valence-electron chi connectivity index (χ4n) is 3.37. The Morgan fingerprint density at radius 3 is 2.61 bits per heavy atom. The third-order valence-corrected chi connectivity index (χ3v) is 5.98. The lowest BCUT2D eigenvalue weighted by Gasteiger charge is -2.27. The van der Waals surface area contributed by atoms with E-state index in [1.807, 2.05) is 24.3 Å². The van der Waals surface area contributed by atoms with Crippen LogP contribution in [0, 0.1) is 0 Å². The van der Waals surface area contributed by atoms with Crippen LogP contribution in [0.25, 0.3) is 0 Å². The Morgan fingerprint density at radius 1 is 1.07 bits per heavy atom. The van der Waals surface area contributed by atoms with Crippen molar-refractivity contribution in [3.8, 4) is 0 Å². The number of anilines is 3. The fourth-order valence-corrected chi connectivity index (χ4v) is 4.31. The average molecular weight is 394 g/mol. The van der Waals surface area contributed by atoms with Gasteiger partial charge in [0.05, 0.1) is 4.90 Å². The molecule has 3 aromatic rings. The van der Waals surface area contributed by atoms with E-state index in [2.05, 4.69) is 56.1 Å². The van der Waals surface area contributed by atoms with Crippen LogP contribution in [0.1, 0.15) is 12.5 Å². The Morgan fingerprint density at radius 2 is 1.82 bits per heavy atom. The summed E-state index contributed by atoms with van der Waals surface area (Å²) in [4.78, 5) is 11.4. The van der Waals surface area contributed by atoms with Gasteiger partial charge < -0.3 is 10.2 Å². The highest BCUT2D eigenvalue weighted by Crippen LogP contribution is 2.29. The van der Waals surface area contributed by atoms with Crippen molar-refractivity contribution >= 4 is 28.3 Å². The van der Waals surface area contributed by atoms with Crippen molar-refractivity contribution in [3.05, 3.63) is 72.6 Å². The summed E-state index contributed by atoms with van der Waals surface area (Å²) in [6.45, 7) is 3.83. The van der Waals surface area contributed by atoms with Gasteiger partial charge in [-0.3, -0.25) is 0 Å². The molecule has 144 valence electrons. The number of aromatic nitrogens is 2. The lowest BCUT2D eigenvalue weighted by atomic mass is 10.2. The molecule has 2 heterocycles. The molecule has 2 aromatic carbocycles. The quantitative estimate of drug-likeness (QED) is 0.645. The predicted molar refractivity (Wildman–Crippen MR) is 113 cm³/mol. The Labute approximate surface area is 167 Å². The van der Waals surface area contributed by atoms with Gasteiger partial charge in [0.25, 0.3) is 0 Å². The highest BCUT2D eigenvalue weighted by Gasteiger charge is 2.23. The molecule has 2 N–H and O–H groups in total. The van der Waals surface area contributed by atoms with Gasteiger partial charge in [-0.05, 0) is 55.3 Å². The zero-order valence-corrected chi connectivity index (χ0v) is 16.5. The van der Waals surface area contributed by atoms with Gasteiger partial charge >= 0.3 is 0 Å². The number of hydrogen-bond donors (Lipinski definition) is 2. The van der Waals surface area contributed by atoms with Gasteiger partial charge in [-0.1, -0.05) is 18.2 Å². The maximum atomic E-state index is 12.6. The van der Waals surface area contributed by atoms with Crippen LogP contribution < -0.4 is 14.9 Å². The van der Waals surface area contributed by atoms with Crippen LogP contribution >= 0.6 is 0 Å². The van der Waals surface area contributed by atoms with Gasteiger partial charge in [0.15, 0.2) is 0 Å². The van der Waals surface area contributed by atoms with Crippen LogP contribution in [0.2, 0.25) is 0 Å². The molecule has 1 aliphatic rings. The van der Waals surface area contributed by atoms with E-state index >= 15 is 0 Å². The summed E-state index contributed by atoms with van der Waals surface area (Å²) >= 11 is 0. The summed E-state index contributed by atoms with van der Waals surface area (Å²) in [6.07, 6.45) is 4.44. The summed E-state index contributed by atoms with van der Waals surface area (Å²) in [5, 5.41) is 3.12. The molecule has 0 aliphatic carbocycles. The molecular formula is C21H23N5OS. The van der Waals surface area contributed by atoms with Crippen molar-refractivity contribution in [2.24, 2.45) is 0 Å². The molecule has 0 radical (unpaired) electrons. The topological polar surface area (TPSA) is 70.1 Å². The van der Waals surface area contributed by atoms with Gasteiger partial charge in [0.2, 0.25) is 5.95 Å². The first-order valence-electron chi connectivity index (χ1n) is 9.34. The van der Waals surface area contributed by atoms with Gasteiger partial charge in [-0.15, -0.1) is 0 Å². The summed E-state index contributed by atoms with van der Waals surface area (Å²) in [6, 6.07) is 18.0. The maximum absolute atomic E-state index is 12.6. The van der Waals surface area contributed by atoms with Crippen molar-refractivity contribution in [2.45, 2.75) is 24.3 Å². The van der Waals surface area contributed by atoms with Crippen molar-refractivity contribution in [3.63, 3.8) is 0 Å². The number of benzene rings is 2. The number of hydrogen-bond acceptors (Lipinski definition) is 5. The van der Waals surface area contributed by atoms with E-state index < -0.39 is 11.0 Å². The minimum Gasteiger partial charge on any atom is -0.367 e. The van der Waals surface area contributed by atoms with Crippen LogP contribution in [0.5, 0.6) is 0 Å². The lowest BCUT2D eigenvalue weighted by Crippen LogP contribution is -2.40. The molecule has 0 saturated heterocycles. The van der Waals surface area contributed by atoms with Gasteiger partial charge in [0.1, 0.15) is 11.0 Å². The van der Waals surface area contributed by atoms with Crippen molar-refractivity contribution in [2.75, 3.05) is 23.3 Å². The number of fused-ring (bicyclic) bond motifs is 1. The van der Waals surface area contributed by atoms with E-state index in [9.17, 15) is 4.21 Å². The third-order valence-electron chi connectivity index (χ3n) is 4.86. The maximum Gasteiger partial charge on any atom is 0.227 e. The minimum absolute atomic E-state index is 0.267. The molecule has 0 bridgehead atoms. The molecule has 1 aliphatic heterocycles. The second-order valence-corrected chi connectivity index (χ2v) is 8.06. The zero-order chi connectivity index (χ0) is 19.3. The predicted octanol–water partition coefficient (Wildman–Crippen LogP) is 3.28. The highest BCUT2D eigenvalue weighted by molar-refractivity contribution is 7.83. The Hall–Kier alpha value is -2.77. The SMILES string of the molecule is CC(CNS(=O)c1ccc(Nc2ncccn2)cc1)N1CCc2ccccc21. The van der Waals surface area contributed by atoms with Crippen LogP contribution in [0.15, 0.2) is 71.9 Å². The number of rotatable bonds is 7. The van der Waals surface area contributed by atoms with Crippen LogP contribution in [-0.4, -0.2) is 33.3 Å². The molecule has 6 nitrogen and oxygen atoms in total. The van der Waals surface area contributed by atoms with E-state index in [-0.39, 0.29) is 6.04 Å². The molecule has 0 amide bonds. The minimum atomic E-state index is -1.25. The first kappa shape index (κ1) is 18.6. The van der Waals surface area contributed by atoms with E-state index in [1.54, 1.807) is 18.5 Å². The summed E-state index contributed by atoms with van der Waals surface area (Å²) in [5.41, 5.74) is 3.54. The van der Waals surface area contributed by atoms with Crippen LogP contribution in [0.3, 0.4) is 0 Å². The normalized spacial score (nSPS) is 15.1. The highest BCUT2D eigenvalue weighted by atomic mass is 32.2. The summed E-state index contributed by atoms with van der Waals surface area (Å²) in [5.74, 6) is 0.536. The Bertz CT molecular complexity index is 949. The standard InChI is InChI=1S/C21H23N5OS/c1-16(26-14-11-17-5-2-3-6-20(17)26)15-24-28(27)19-9-7-18(8-10-19)25-21-22-12-4-13-23-21/h2-10,12-13,16,24H,11,14-15H2,1H3,(H,22,23,25). The smallest absolute Gasteiger partial charge is 0.227 e. The second-order valence-electron chi connectivity index (χ2n) is 6.76. The largest absolute Gasteiger partial charge is 0.367 e. The number of nitrogens with zero attached hydrogens (tertiary/aromatic N) is 3. The number of nitrogens with one attached hydrogen (secondary N) is 2. The monoisotopic (exact) mass is 393 g/mol. The Balaban J connectivity index is 1.33. The molecule has 7 heteroatoms. The zero-order valence-electron chi connectivity index (χ0n) is 15.7. The van der Waals surface area contributed by atoms with Crippen LogP contribution in [0.4, 0.5) is 17.3 Å². The molecule has 4 rings (SSSR count). The molecule has 0 fully saturated rings. The number of para-hydroxylation sites is 1. The van der Waals surface area contributed by atoms with Gasteiger partial charge in [0, 0.05) is 42.9 Å². The molecule has 28 heavy (non-hydrogen) atoms. The molecule has 2 unspecified atom stereocenters. The molecule has 2 atom stereocenters. The lowest BCUT2D eigenvalue weighted by molar-refractivity contribution is 0.625. The van der Waals surface area contributed by atoms with Crippen molar-refractivity contribution in [1.82, 2.24) is 14.7 Å². The van der Waals surface area contributed by atoms with Gasteiger partial charge in [-0.25, -0.2) is 18.9 Å². The third kappa shape index (κ3) is 4.21. The van der Waals surface area contributed by atoms with E-state index in [1.165, 1.54) is 11.3 Å². The average Bonchev–Trinajstić information content (AvgIpc) is 3.17. The Kier molecular flexibility index (Phi) is 5.64. The second kappa shape index (κ2) is 8.50. The van der Waals surface area contributed by atoms with E-state index in [4.69, 9.17) is 0 Å². The summed E-state index contributed by atoms with van der Waals surface area (Å²) in [7, 11) is -1.25. The van der Waals surface area contributed by atoms with Crippen LogP contribution in [-0.2, 0) is 17.4 Å². The fraction of sp³-hybridized carbons (Fsp3) is 0.238. The molecule has 0 spiro atoms. The molecule has 0 saturated carbocycles. The van der Waals surface area contributed by atoms with Crippen molar-refractivity contribution in [1.29, 1.82) is 0 Å². The first-order chi connectivity index (χ1) is 13.7. The van der Waals surface area contributed by atoms with Crippen molar-refractivity contribution < 1.29 is 4.21 Å². The first-order valence-corrected chi connectivity index (χ1v) is 10.5. The summed E-state index contributed by atoms with van der Waals surface area (Å²) < 4.78 is 15.8. The molecular weight excluding hydrogens is 370 g/mol. The van der Waals surface area contributed by atoms with Gasteiger partial charge in [-0.2, -0.15) is 0 Å².